The highest BCUT2D eigenvalue weighted by atomic mass is 35.5. The monoisotopic (exact) mass is 366 g/mol. The van der Waals surface area contributed by atoms with E-state index in [4.69, 9.17) is 11.6 Å². The van der Waals surface area contributed by atoms with Gasteiger partial charge in [-0.1, -0.05) is 13.3 Å². The van der Waals surface area contributed by atoms with Crippen LogP contribution in [0.2, 0.25) is 0 Å². The van der Waals surface area contributed by atoms with E-state index in [1.165, 1.54) is 13.0 Å². The first kappa shape index (κ1) is 19.1. The molecule has 1 unspecified atom stereocenters. The molecule has 5 nitrogen and oxygen atoms in total. The first-order valence-corrected chi connectivity index (χ1v) is 10.5. The molecule has 22 heavy (non-hydrogen) atoms. The van der Waals surface area contributed by atoms with Crippen LogP contribution in [0.5, 0.6) is 0 Å². The Balaban J connectivity index is 3.75. The van der Waals surface area contributed by atoms with Crippen LogP contribution >= 0.6 is 11.6 Å². The summed E-state index contributed by atoms with van der Waals surface area (Å²) in [7, 11) is -7.64. The van der Waals surface area contributed by atoms with Gasteiger partial charge in [0, 0.05) is 11.8 Å². The molecular formula is C14H19ClO5S2. The number of benzene rings is 1. The molecular weight excluding hydrogens is 348 g/mol. The molecule has 0 heterocycles. The number of halogens is 1. The Hall–Kier alpha value is -0.920. The van der Waals surface area contributed by atoms with E-state index in [9.17, 15) is 21.6 Å². The number of carbonyl (C=O) groups is 1. The van der Waals surface area contributed by atoms with Gasteiger partial charge in [0.2, 0.25) is 0 Å². The zero-order valence-electron chi connectivity index (χ0n) is 12.9. The lowest BCUT2D eigenvalue weighted by Crippen LogP contribution is -2.21. The van der Waals surface area contributed by atoms with Gasteiger partial charge in [-0.3, -0.25) is 4.79 Å². The van der Waals surface area contributed by atoms with Crippen LogP contribution in [0.15, 0.2) is 21.9 Å². The molecule has 0 aliphatic rings. The molecule has 1 aromatic rings. The van der Waals surface area contributed by atoms with Gasteiger partial charge in [0.15, 0.2) is 19.7 Å². The van der Waals surface area contributed by atoms with Gasteiger partial charge in [0.1, 0.15) is 0 Å². The van der Waals surface area contributed by atoms with Crippen molar-refractivity contribution in [2.75, 3.05) is 6.26 Å². The summed E-state index contributed by atoms with van der Waals surface area (Å²) in [5, 5.41) is -1.54. The highest BCUT2D eigenvalue weighted by Gasteiger charge is 2.30. The molecule has 0 radical (unpaired) electrons. The molecule has 0 aliphatic heterocycles. The number of aryl methyl sites for hydroxylation is 1. The first-order valence-electron chi connectivity index (χ1n) is 6.71. The van der Waals surface area contributed by atoms with Gasteiger partial charge in [-0.15, -0.1) is 0 Å². The third-order valence-corrected chi connectivity index (χ3v) is 7.15. The summed E-state index contributed by atoms with van der Waals surface area (Å²) >= 11 is 5.43. The predicted octanol–water partition coefficient (Wildman–Crippen LogP) is 2.74. The fourth-order valence-corrected chi connectivity index (χ4v) is 5.59. The van der Waals surface area contributed by atoms with E-state index in [1.807, 2.05) is 6.92 Å². The summed E-state index contributed by atoms with van der Waals surface area (Å²) < 4.78 is 49.2. The number of rotatable bonds is 6. The zero-order chi connectivity index (χ0) is 17.3. The Morgan fingerprint density at radius 1 is 1.18 bits per heavy atom. The van der Waals surface area contributed by atoms with Gasteiger partial charge < -0.3 is 0 Å². The third kappa shape index (κ3) is 3.88. The third-order valence-electron chi connectivity index (χ3n) is 3.43. The fourth-order valence-electron chi connectivity index (χ4n) is 2.16. The van der Waals surface area contributed by atoms with E-state index in [-0.39, 0.29) is 15.4 Å². The lowest BCUT2D eigenvalue weighted by molar-refractivity contribution is 0.108. The molecule has 1 rings (SSSR count). The lowest BCUT2D eigenvalue weighted by Gasteiger charge is -2.16. The van der Waals surface area contributed by atoms with Crippen LogP contribution < -0.4 is 0 Å². The minimum absolute atomic E-state index is 0.0100. The Morgan fingerprint density at radius 2 is 1.73 bits per heavy atom. The molecule has 8 heteroatoms. The Kier molecular flexibility index (Phi) is 5.81. The van der Waals surface area contributed by atoms with Crippen LogP contribution in [0.25, 0.3) is 0 Å². The number of hydrogen-bond donors (Lipinski definition) is 0. The molecule has 124 valence electrons. The van der Waals surface area contributed by atoms with E-state index in [0.717, 1.165) is 12.3 Å². The van der Waals surface area contributed by atoms with Crippen LogP contribution in [0.3, 0.4) is 0 Å². The van der Waals surface area contributed by atoms with Gasteiger partial charge in [-0.05, 0) is 49.6 Å². The molecule has 0 saturated carbocycles. The van der Waals surface area contributed by atoms with Crippen molar-refractivity contribution < 1.29 is 21.6 Å². The summed E-state index contributed by atoms with van der Waals surface area (Å²) in [6.45, 7) is 4.91. The predicted molar refractivity (Wildman–Crippen MR) is 86.0 cm³/mol. The first-order chi connectivity index (χ1) is 9.92. The standard InChI is InChI=1S/C14H19ClO5S2/c1-5-6-10(3)22(19,20)13-7-9(2)11(14(15)16)8-12(13)21(4,17)18/h7-8,10H,5-6H2,1-4H3. The topological polar surface area (TPSA) is 85.3 Å². The SMILES string of the molecule is CCCC(C)S(=O)(=O)c1cc(C)c(C(=O)Cl)cc1S(C)(=O)=O. The van der Waals surface area contributed by atoms with Crippen LogP contribution in [-0.4, -0.2) is 33.6 Å². The van der Waals surface area contributed by atoms with Gasteiger partial charge >= 0.3 is 0 Å². The normalized spacial score (nSPS) is 13.9. The summed E-state index contributed by atoms with van der Waals surface area (Å²) in [5.74, 6) is 0. The maximum absolute atomic E-state index is 12.6. The van der Waals surface area contributed by atoms with E-state index >= 15 is 0 Å². The van der Waals surface area contributed by atoms with Crippen molar-refractivity contribution in [3.8, 4) is 0 Å². The molecule has 0 spiro atoms. The van der Waals surface area contributed by atoms with Gasteiger partial charge in [0.25, 0.3) is 5.24 Å². The van der Waals surface area contributed by atoms with Crippen molar-refractivity contribution in [1.29, 1.82) is 0 Å². The largest absolute Gasteiger partial charge is 0.276 e. The molecule has 0 amide bonds. The zero-order valence-corrected chi connectivity index (χ0v) is 15.3. The van der Waals surface area contributed by atoms with E-state index in [0.29, 0.717) is 18.4 Å². The molecule has 0 aromatic heterocycles. The molecule has 0 bridgehead atoms. The number of sulfone groups is 2. The van der Waals surface area contributed by atoms with E-state index < -0.39 is 30.2 Å². The van der Waals surface area contributed by atoms with Crippen LogP contribution in [0.4, 0.5) is 0 Å². The maximum atomic E-state index is 12.6. The average Bonchev–Trinajstić information content (AvgIpc) is 2.36. The van der Waals surface area contributed by atoms with Gasteiger partial charge in [0.05, 0.1) is 15.0 Å². The Morgan fingerprint density at radius 3 is 2.14 bits per heavy atom. The average molecular weight is 367 g/mol. The Labute approximate surface area is 136 Å². The van der Waals surface area contributed by atoms with Gasteiger partial charge in [-0.25, -0.2) is 16.8 Å². The molecule has 1 atom stereocenters. The summed E-state index contributed by atoms with van der Waals surface area (Å²) in [5.41, 5.74) is 0.318. The van der Waals surface area contributed by atoms with Crippen molar-refractivity contribution in [2.24, 2.45) is 0 Å². The van der Waals surface area contributed by atoms with Crippen LogP contribution in [0, 0.1) is 6.92 Å². The highest BCUT2D eigenvalue weighted by molar-refractivity contribution is 7.94. The summed E-state index contributed by atoms with van der Waals surface area (Å²) in [4.78, 5) is 10.7. The summed E-state index contributed by atoms with van der Waals surface area (Å²) in [6.07, 6.45) is 1.98. The van der Waals surface area contributed by atoms with Crippen molar-refractivity contribution in [2.45, 2.75) is 48.7 Å². The second kappa shape index (κ2) is 6.68. The fraction of sp³-hybridized carbons (Fsp3) is 0.500. The summed E-state index contributed by atoms with van der Waals surface area (Å²) in [6, 6.07) is 2.26. The van der Waals surface area contributed by atoms with Crippen molar-refractivity contribution in [3.05, 3.63) is 23.3 Å². The molecule has 0 saturated heterocycles. The van der Waals surface area contributed by atoms with Crippen molar-refractivity contribution >= 4 is 36.5 Å². The molecule has 0 fully saturated rings. The van der Waals surface area contributed by atoms with Crippen LogP contribution in [-0.2, 0) is 19.7 Å². The quantitative estimate of drug-likeness (QED) is 0.722. The lowest BCUT2D eigenvalue weighted by atomic mass is 10.1. The second-order valence-electron chi connectivity index (χ2n) is 5.30. The maximum Gasteiger partial charge on any atom is 0.252 e. The van der Waals surface area contributed by atoms with E-state index in [2.05, 4.69) is 0 Å². The number of carbonyl (C=O) groups excluding carboxylic acids is 1. The van der Waals surface area contributed by atoms with E-state index in [1.54, 1.807) is 6.92 Å². The van der Waals surface area contributed by atoms with Crippen molar-refractivity contribution in [1.82, 2.24) is 0 Å². The Bertz CT molecular complexity index is 795. The smallest absolute Gasteiger partial charge is 0.252 e. The highest BCUT2D eigenvalue weighted by Crippen LogP contribution is 2.30. The minimum Gasteiger partial charge on any atom is -0.276 e. The van der Waals surface area contributed by atoms with Crippen molar-refractivity contribution in [3.63, 3.8) is 0 Å². The molecule has 0 N–H and O–H groups in total. The van der Waals surface area contributed by atoms with Gasteiger partial charge in [-0.2, -0.15) is 0 Å². The van der Waals surface area contributed by atoms with Crippen LogP contribution in [0.1, 0.15) is 42.6 Å². The second-order valence-corrected chi connectivity index (χ2v) is 9.97. The number of hydrogen-bond acceptors (Lipinski definition) is 5. The molecule has 0 aliphatic carbocycles. The minimum atomic E-state index is -3.83. The molecule has 1 aromatic carbocycles.